The van der Waals surface area contributed by atoms with Crippen molar-refractivity contribution >= 4 is 11.9 Å². The summed E-state index contributed by atoms with van der Waals surface area (Å²) in [6.45, 7) is 10.7. The van der Waals surface area contributed by atoms with Crippen LogP contribution < -0.4 is 10.9 Å². The highest BCUT2D eigenvalue weighted by Crippen LogP contribution is 2.19. The van der Waals surface area contributed by atoms with Gasteiger partial charge in [0, 0.05) is 23.5 Å². The van der Waals surface area contributed by atoms with Gasteiger partial charge in [-0.1, -0.05) is 0 Å². The number of aromatic nitrogens is 2. The summed E-state index contributed by atoms with van der Waals surface area (Å²) in [5.41, 5.74) is 3.63. The van der Waals surface area contributed by atoms with Gasteiger partial charge in [-0.15, -0.1) is 0 Å². The number of nitrogens with one attached hydrogen (secondary N) is 3. The molecule has 2 aromatic rings. The zero-order valence-corrected chi connectivity index (χ0v) is 16.0. The number of aryl methyl sites for hydroxylation is 3. The maximum Gasteiger partial charge on any atom is 0.340 e. The molecule has 7 heteroatoms. The lowest BCUT2D eigenvalue weighted by Gasteiger charge is -2.09. The molecule has 0 saturated heterocycles. The van der Waals surface area contributed by atoms with Gasteiger partial charge >= 0.3 is 5.97 Å². The highest BCUT2D eigenvalue weighted by molar-refractivity contribution is 6.00. The fraction of sp³-hybridized carbons (Fsp3) is 0.421. The molecule has 0 aliphatic heterocycles. The first-order chi connectivity index (χ1) is 12.1. The molecule has 2 heterocycles. The Hall–Kier alpha value is -2.83. The van der Waals surface area contributed by atoms with E-state index in [1.54, 1.807) is 34.6 Å². The van der Waals surface area contributed by atoms with Crippen LogP contribution in [0.4, 0.5) is 0 Å². The average molecular weight is 359 g/mol. The maximum absolute atomic E-state index is 12.5. The molecule has 2 aromatic heterocycles. The molecule has 0 bridgehead atoms. The van der Waals surface area contributed by atoms with Gasteiger partial charge in [-0.3, -0.25) is 9.59 Å². The Morgan fingerprint density at radius 2 is 1.81 bits per heavy atom. The molecular weight excluding hydrogens is 334 g/mol. The van der Waals surface area contributed by atoms with Crippen LogP contribution in [-0.4, -0.2) is 27.9 Å². The van der Waals surface area contributed by atoms with Gasteiger partial charge in [-0.2, -0.15) is 0 Å². The van der Waals surface area contributed by atoms with Crippen molar-refractivity contribution in [2.45, 2.75) is 54.2 Å². The van der Waals surface area contributed by atoms with E-state index in [1.807, 2.05) is 13.0 Å². The van der Waals surface area contributed by atoms with Crippen LogP contribution >= 0.6 is 0 Å². The molecule has 0 spiro atoms. The summed E-state index contributed by atoms with van der Waals surface area (Å²) in [5, 5.41) is 2.74. The highest BCUT2D eigenvalue weighted by atomic mass is 16.5. The minimum Gasteiger partial charge on any atom is -0.459 e. The Balaban J connectivity index is 2.21. The zero-order valence-electron chi connectivity index (χ0n) is 16.0. The van der Waals surface area contributed by atoms with Crippen LogP contribution in [0.1, 0.15) is 62.8 Å². The van der Waals surface area contributed by atoms with E-state index < -0.39 is 5.97 Å². The van der Waals surface area contributed by atoms with Crippen LogP contribution in [0.15, 0.2) is 10.9 Å². The molecule has 0 atom stereocenters. The van der Waals surface area contributed by atoms with E-state index >= 15 is 0 Å². The number of carbonyl (C=O) groups is 2. The fourth-order valence-corrected chi connectivity index (χ4v) is 2.91. The van der Waals surface area contributed by atoms with Crippen molar-refractivity contribution in [1.82, 2.24) is 15.3 Å². The number of rotatable bonds is 5. The molecule has 7 nitrogen and oxygen atoms in total. The topological polar surface area (TPSA) is 104 Å². The molecular formula is C19H25N3O4. The smallest absolute Gasteiger partial charge is 0.340 e. The lowest BCUT2D eigenvalue weighted by molar-refractivity contribution is 0.0376. The summed E-state index contributed by atoms with van der Waals surface area (Å²) < 4.78 is 5.23. The van der Waals surface area contributed by atoms with Gasteiger partial charge in [0.25, 0.3) is 11.5 Å². The van der Waals surface area contributed by atoms with E-state index in [0.717, 1.165) is 11.3 Å². The SMILES string of the molecule is Cc1cc(C)c(CNC(=O)c2[nH]c(C)c(C(=O)OC(C)C)c2C)c(=O)[nH]1. The molecule has 3 N–H and O–H groups in total. The summed E-state index contributed by atoms with van der Waals surface area (Å²) in [4.78, 5) is 42.5. The second-order valence-electron chi connectivity index (χ2n) is 6.70. The summed E-state index contributed by atoms with van der Waals surface area (Å²) in [5.74, 6) is -0.843. The Labute approximate surface area is 152 Å². The Bertz CT molecular complexity index is 906. The third kappa shape index (κ3) is 4.04. The number of ether oxygens (including phenoxy) is 1. The molecule has 0 aliphatic rings. The Morgan fingerprint density at radius 3 is 2.38 bits per heavy atom. The molecule has 0 saturated carbocycles. The van der Waals surface area contributed by atoms with Gasteiger partial charge in [0.05, 0.1) is 11.7 Å². The van der Waals surface area contributed by atoms with Crippen molar-refractivity contribution in [3.63, 3.8) is 0 Å². The van der Waals surface area contributed by atoms with E-state index in [1.165, 1.54) is 0 Å². The highest BCUT2D eigenvalue weighted by Gasteiger charge is 2.23. The fourth-order valence-electron chi connectivity index (χ4n) is 2.91. The molecule has 26 heavy (non-hydrogen) atoms. The van der Waals surface area contributed by atoms with Crippen LogP contribution in [0.25, 0.3) is 0 Å². The van der Waals surface area contributed by atoms with Crippen molar-refractivity contribution in [2.24, 2.45) is 0 Å². The zero-order chi connectivity index (χ0) is 19.6. The van der Waals surface area contributed by atoms with Crippen LogP contribution in [0, 0.1) is 27.7 Å². The third-order valence-corrected chi connectivity index (χ3v) is 4.13. The quantitative estimate of drug-likeness (QED) is 0.713. The number of hydrogen-bond acceptors (Lipinski definition) is 4. The molecule has 0 fully saturated rings. The molecule has 0 radical (unpaired) electrons. The van der Waals surface area contributed by atoms with E-state index in [4.69, 9.17) is 4.74 Å². The van der Waals surface area contributed by atoms with Crippen molar-refractivity contribution in [1.29, 1.82) is 0 Å². The molecule has 1 amide bonds. The number of hydrogen-bond donors (Lipinski definition) is 3. The summed E-state index contributed by atoms with van der Waals surface area (Å²) in [7, 11) is 0. The summed E-state index contributed by atoms with van der Waals surface area (Å²) >= 11 is 0. The predicted octanol–water partition coefficient (Wildman–Crippen LogP) is 2.43. The maximum atomic E-state index is 12.5. The first kappa shape index (κ1) is 19.5. The number of carbonyl (C=O) groups excluding carboxylic acids is 2. The van der Waals surface area contributed by atoms with Crippen LogP contribution in [0.5, 0.6) is 0 Å². The number of amides is 1. The first-order valence-corrected chi connectivity index (χ1v) is 8.49. The second kappa shape index (κ2) is 7.59. The van der Waals surface area contributed by atoms with E-state index in [0.29, 0.717) is 28.1 Å². The van der Waals surface area contributed by atoms with Gasteiger partial charge in [0.15, 0.2) is 0 Å². The van der Waals surface area contributed by atoms with Crippen LogP contribution in [0.2, 0.25) is 0 Å². The summed E-state index contributed by atoms with van der Waals surface area (Å²) in [6.07, 6.45) is -0.246. The molecule has 2 rings (SSSR count). The third-order valence-electron chi connectivity index (χ3n) is 4.13. The molecule has 0 unspecified atom stereocenters. The minimum absolute atomic E-state index is 0.101. The van der Waals surface area contributed by atoms with Crippen molar-refractivity contribution in [2.75, 3.05) is 0 Å². The normalized spacial score (nSPS) is 10.9. The number of aromatic amines is 2. The lowest BCUT2D eigenvalue weighted by Crippen LogP contribution is -2.28. The Kier molecular flexibility index (Phi) is 5.69. The van der Waals surface area contributed by atoms with Crippen molar-refractivity contribution in [3.05, 3.63) is 55.8 Å². The molecule has 140 valence electrons. The van der Waals surface area contributed by atoms with E-state index in [9.17, 15) is 14.4 Å². The van der Waals surface area contributed by atoms with E-state index in [-0.39, 0.29) is 24.1 Å². The Morgan fingerprint density at radius 1 is 1.15 bits per heavy atom. The van der Waals surface area contributed by atoms with Gasteiger partial charge in [0.1, 0.15) is 5.69 Å². The van der Waals surface area contributed by atoms with Crippen molar-refractivity contribution in [3.8, 4) is 0 Å². The first-order valence-electron chi connectivity index (χ1n) is 8.49. The number of H-pyrrole nitrogens is 2. The van der Waals surface area contributed by atoms with Gasteiger partial charge in [0.2, 0.25) is 0 Å². The average Bonchev–Trinajstić information content (AvgIpc) is 2.80. The standard InChI is InChI=1S/C19H25N3O4/c1-9(2)26-19(25)15-12(5)16(22-13(15)6)18(24)20-8-14-10(3)7-11(4)21-17(14)23/h7,9,22H,8H2,1-6H3,(H,20,24)(H,21,23). The largest absolute Gasteiger partial charge is 0.459 e. The van der Waals surface area contributed by atoms with Crippen molar-refractivity contribution < 1.29 is 14.3 Å². The minimum atomic E-state index is -0.462. The van der Waals surface area contributed by atoms with Gasteiger partial charge in [-0.05, 0) is 58.7 Å². The number of esters is 1. The van der Waals surface area contributed by atoms with Crippen LogP contribution in [0.3, 0.4) is 0 Å². The number of pyridine rings is 1. The monoisotopic (exact) mass is 359 g/mol. The van der Waals surface area contributed by atoms with E-state index in [2.05, 4.69) is 15.3 Å². The molecule has 0 aromatic carbocycles. The van der Waals surface area contributed by atoms with Crippen LogP contribution in [-0.2, 0) is 11.3 Å². The van der Waals surface area contributed by atoms with Gasteiger partial charge in [-0.25, -0.2) is 4.79 Å². The summed E-state index contributed by atoms with van der Waals surface area (Å²) in [6, 6.07) is 1.85. The van der Waals surface area contributed by atoms with Gasteiger partial charge < -0.3 is 20.0 Å². The molecule has 0 aliphatic carbocycles. The predicted molar refractivity (Wildman–Crippen MR) is 98.5 cm³/mol. The second-order valence-corrected chi connectivity index (χ2v) is 6.70. The lowest BCUT2D eigenvalue weighted by atomic mass is 10.1.